The second-order valence-corrected chi connectivity index (χ2v) is 5.62. The SMILES string of the molecule is COC(=O)c1sccc1NC(=O)C1Cc2ccccc2N1. The molecule has 1 unspecified atom stereocenters. The summed E-state index contributed by atoms with van der Waals surface area (Å²) in [5.41, 5.74) is 2.60. The van der Waals surface area contributed by atoms with Gasteiger partial charge in [-0.3, -0.25) is 4.79 Å². The lowest BCUT2D eigenvalue weighted by Crippen LogP contribution is -2.33. The first-order valence-electron chi connectivity index (χ1n) is 6.50. The van der Waals surface area contributed by atoms with Crippen LogP contribution in [0.15, 0.2) is 35.7 Å². The highest BCUT2D eigenvalue weighted by molar-refractivity contribution is 7.12. The fraction of sp³-hybridized carbons (Fsp3) is 0.200. The van der Waals surface area contributed by atoms with Crippen LogP contribution in [-0.4, -0.2) is 25.0 Å². The zero-order chi connectivity index (χ0) is 14.8. The molecule has 6 heteroatoms. The highest BCUT2D eigenvalue weighted by atomic mass is 32.1. The molecule has 0 radical (unpaired) electrons. The van der Waals surface area contributed by atoms with Crippen LogP contribution in [-0.2, 0) is 16.0 Å². The molecule has 0 saturated carbocycles. The van der Waals surface area contributed by atoms with E-state index in [4.69, 9.17) is 4.74 Å². The molecule has 5 nitrogen and oxygen atoms in total. The first-order chi connectivity index (χ1) is 10.2. The lowest BCUT2D eigenvalue weighted by molar-refractivity contribution is -0.116. The number of hydrogen-bond acceptors (Lipinski definition) is 5. The third kappa shape index (κ3) is 2.62. The van der Waals surface area contributed by atoms with Crippen molar-refractivity contribution < 1.29 is 14.3 Å². The van der Waals surface area contributed by atoms with Gasteiger partial charge in [-0.1, -0.05) is 18.2 Å². The van der Waals surface area contributed by atoms with Crippen LogP contribution in [0.5, 0.6) is 0 Å². The summed E-state index contributed by atoms with van der Waals surface area (Å²) in [6, 6.07) is 9.22. The van der Waals surface area contributed by atoms with Gasteiger partial charge in [-0.05, 0) is 23.1 Å². The van der Waals surface area contributed by atoms with Gasteiger partial charge in [0.15, 0.2) is 0 Å². The number of hydrogen-bond donors (Lipinski definition) is 2. The number of fused-ring (bicyclic) bond motifs is 1. The number of carbonyl (C=O) groups excluding carboxylic acids is 2. The number of para-hydroxylation sites is 1. The lowest BCUT2D eigenvalue weighted by atomic mass is 10.1. The van der Waals surface area contributed by atoms with Crippen LogP contribution >= 0.6 is 11.3 Å². The zero-order valence-electron chi connectivity index (χ0n) is 11.4. The molecule has 2 heterocycles. The van der Waals surface area contributed by atoms with Crippen LogP contribution in [0.1, 0.15) is 15.2 Å². The summed E-state index contributed by atoms with van der Waals surface area (Å²) in [7, 11) is 1.32. The van der Waals surface area contributed by atoms with Crippen molar-refractivity contribution in [3.8, 4) is 0 Å². The number of ether oxygens (including phenoxy) is 1. The third-order valence-corrected chi connectivity index (χ3v) is 4.28. The molecule has 2 N–H and O–H groups in total. The number of nitrogens with one attached hydrogen (secondary N) is 2. The van der Waals surface area contributed by atoms with Gasteiger partial charge in [-0.15, -0.1) is 11.3 Å². The minimum absolute atomic E-state index is 0.158. The largest absolute Gasteiger partial charge is 0.465 e. The van der Waals surface area contributed by atoms with Crippen LogP contribution in [0.2, 0.25) is 0 Å². The van der Waals surface area contributed by atoms with Gasteiger partial charge in [0.05, 0.1) is 12.8 Å². The van der Waals surface area contributed by atoms with Gasteiger partial charge < -0.3 is 15.4 Å². The average Bonchev–Trinajstić information content (AvgIpc) is 3.12. The van der Waals surface area contributed by atoms with Gasteiger partial charge in [0.25, 0.3) is 0 Å². The lowest BCUT2D eigenvalue weighted by Gasteiger charge is -2.12. The number of rotatable bonds is 3. The molecule has 0 fully saturated rings. The smallest absolute Gasteiger partial charge is 0.350 e. The maximum atomic E-state index is 12.3. The van der Waals surface area contributed by atoms with Crippen molar-refractivity contribution in [2.45, 2.75) is 12.5 Å². The molecular formula is C15H14N2O3S. The predicted molar refractivity (Wildman–Crippen MR) is 81.8 cm³/mol. The minimum Gasteiger partial charge on any atom is -0.465 e. The number of benzene rings is 1. The molecule has 1 atom stereocenters. The van der Waals surface area contributed by atoms with Crippen LogP contribution in [0.25, 0.3) is 0 Å². The molecule has 1 aliphatic heterocycles. The van der Waals surface area contributed by atoms with E-state index >= 15 is 0 Å². The van der Waals surface area contributed by atoms with Crippen molar-refractivity contribution in [3.05, 3.63) is 46.2 Å². The Bertz CT molecular complexity index is 671. The molecule has 108 valence electrons. The van der Waals surface area contributed by atoms with Crippen molar-refractivity contribution in [2.75, 3.05) is 17.7 Å². The quantitative estimate of drug-likeness (QED) is 0.855. The summed E-state index contributed by atoms with van der Waals surface area (Å²) < 4.78 is 4.70. The summed E-state index contributed by atoms with van der Waals surface area (Å²) in [4.78, 5) is 24.3. The normalized spacial score (nSPS) is 16.0. The van der Waals surface area contributed by atoms with Crippen LogP contribution < -0.4 is 10.6 Å². The third-order valence-electron chi connectivity index (χ3n) is 3.38. The number of anilines is 2. The molecule has 0 bridgehead atoms. The Morgan fingerprint density at radius 3 is 2.90 bits per heavy atom. The maximum absolute atomic E-state index is 12.3. The Morgan fingerprint density at radius 2 is 2.14 bits per heavy atom. The molecule has 21 heavy (non-hydrogen) atoms. The zero-order valence-corrected chi connectivity index (χ0v) is 12.2. The maximum Gasteiger partial charge on any atom is 0.350 e. The van der Waals surface area contributed by atoms with Crippen LogP contribution in [0, 0.1) is 0 Å². The van der Waals surface area contributed by atoms with Crippen molar-refractivity contribution in [2.24, 2.45) is 0 Å². The monoisotopic (exact) mass is 302 g/mol. The summed E-state index contributed by atoms with van der Waals surface area (Å²) in [6.45, 7) is 0. The van der Waals surface area contributed by atoms with Crippen molar-refractivity contribution >= 4 is 34.6 Å². The number of amides is 1. The van der Waals surface area contributed by atoms with E-state index in [-0.39, 0.29) is 11.9 Å². The Balaban J connectivity index is 1.71. The molecule has 1 aromatic heterocycles. The fourth-order valence-electron chi connectivity index (χ4n) is 2.33. The van der Waals surface area contributed by atoms with Gasteiger partial charge in [-0.25, -0.2) is 4.79 Å². The first-order valence-corrected chi connectivity index (χ1v) is 7.38. The summed E-state index contributed by atoms with van der Waals surface area (Å²) in [6.07, 6.45) is 0.639. The number of carbonyl (C=O) groups is 2. The second-order valence-electron chi connectivity index (χ2n) is 4.70. The van der Waals surface area contributed by atoms with E-state index in [0.717, 1.165) is 11.3 Å². The molecule has 1 aliphatic rings. The Hall–Kier alpha value is -2.34. The van der Waals surface area contributed by atoms with Crippen LogP contribution in [0.3, 0.4) is 0 Å². The standard InChI is InChI=1S/C15H14N2O3S/c1-20-15(19)13-11(6-7-21-13)17-14(18)12-8-9-4-2-3-5-10(9)16-12/h2-7,12,16H,8H2,1H3,(H,17,18). The Kier molecular flexibility index (Phi) is 3.62. The van der Waals surface area contributed by atoms with E-state index in [1.165, 1.54) is 18.4 Å². The van der Waals surface area contributed by atoms with Gasteiger partial charge in [-0.2, -0.15) is 0 Å². The summed E-state index contributed by atoms with van der Waals surface area (Å²) in [5, 5.41) is 7.72. The molecule has 0 aliphatic carbocycles. The van der Waals surface area contributed by atoms with Crippen molar-refractivity contribution in [3.63, 3.8) is 0 Å². The van der Waals surface area contributed by atoms with E-state index in [1.807, 2.05) is 24.3 Å². The van der Waals surface area contributed by atoms with E-state index in [9.17, 15) is 9.59 Å². The molecule has 1 amide bonds. The summed E-state index contributed by atoms with van der Waals surface area (Å²) >= 11 is 1.24. The molecule has 2 aromatic rings. The van der Waals surface area contributed by atoms with Crippen LogP contribution in [0.4, 0.5) is 11.4 Å². The molecule has 1 aromatic carbocycles. The Morgan fingerprint density at radius 1 is 1.33 bits per heavy atom. The van der Waals surface area contributed by atoms with E-state index < -0.39 is 5.97 Å². The van der Waals surface area contributed by atoms with Gasteiger partial charge >= 0.3 is 5.97 Å². The molecular weight excluding hydrogens is 288 g/mol. The number of esters is 1. The summed E-state index contributed by atoms with van der Waals surface area (Å²) in [5.74, 6) is -0.599. The molecule has 0 spiro atoms. The van der Waals surface area contributed by atoms with Crippen molar-refractivity contribution in [1.82, 2.24) is 0 Å². The van der Waals surface area contributed by atoms with Gasteiger partial charge in [0, 0.05) is 12.1 Å². The number of methoxy groups -OCH3 is 1. The Labute approximate surface area is 125 Å². The second kappa shape index (κ2) is 5.57. The predicted octanol–water partition coefficient (Wildman–Crippen LogP) is 2.51. The highest BCUT2D eigenvalue weighted by Gasteiger charge is 2.27. The van der Waals surface area contributed by atoms with Crippen molar-refractivity contribution in [1.29, 1.82) is 0 Å². The van der Waals surface area contributed by atoms with E-state index in [0.29, 0.717) is 17.0 Å². The molecule has 0 saturated heterocycles. The minimum atomic E-state index is -0.442. The fourth-order valence-corrected chi connectivity index (χ4v) is 3.10. The first kappa shape index (κ1) is 13.6. The average molecular weight is 302 g/mol. The highest BCUT2D eigenvalue weighted by Crippen LogP contribution is 2.27. The number of thiophene rings is 1. The molecule has 3 rings (SSSR count). The van der Waals surface area contributed by atoms with E-state index in [2.05, 4.69) is 10.6 Å². The van der Waals surface area contributed by atoms with Gasteiger partial charge in [0.1, 0.15) is 10.9 Å². The topological polar surface area (TPSA) is 67.4 Å². The van der Waals surface area contributed by atoms with Gasteiger partial charge in [0.2, 0.25) is 5.91 Å². The van der Waals surface area contributed by atoms with E-state index in [1.54, 1.807) is 11.4 Å².